The van der Waals surface area contributed by atoms with Crippen molar-refractivity contribution < 1.29 is 22.7 Å². The van der Waals surface area contributed by atoms with Crippen LogP contribution in [0.25, 0.3) is 16.6 Å². The number of anilines is 1. The van der Waals surface area contributed by atoms with Crippen LogP contribution in [-0.4, -0.2) is 94.2 Å². The van der Waals surface area contributed by atoms with Crippen molar-refractivity contribution in [1.82, 2.24) is 25.3 Å². The van der Waals surface area contributed by atoms with Gasteiger partial charge in [-0.15, -0.1) is 0 Å². The number of ether oxygens (including phenoxy) is 1. The third kappa shape index (κ3) is 6.35. The number of morpholine rings is 1. The molecule has 1 saturated carbocycles. The number of amides is 2. The first-order valence-electron chi connectivity index (χ1n) is 13.7. The van der Waals surface area contributed by atoms with Crippen LogP contribution in [0.3, 0.4) is 0 Å². The van der Waals surface area contributed by atoms with Crippen molar-refractivity contribution in [1.29, 1.82) is 0 Å². The molecule has 1 saturated heterocycles. The highest BCUT2D eigenvalue weighted by Crippen LogP contribution is 2.46. The van der Waals surface area contributed by atoms with Gasteiger partial charge in [-0.2, -0.15) is 5.10 Å². The average Bonchev–Trinajstić information content (AvgIpc) is 3.72. The molecule has 2 aliphatic rings. The highest BCUT2D eigenvalue weighted by molar-refractivity contribution is 7.92. The number of carbonyl (C=O) groups excluding carboxylic acids is 2. The lowest BCUT2D eigenvalue weighted by Gasteiger charge is -2.31. The van der Waals surface area contributed by atoms with Crippen molar-refractivity contribution in [3.05, 3.63) is 52.7 Å². The second-order valence-electron chi connectivity index (χ2n) is 10.6. The second-order valence-corrected chi connectivity index (χ2v) is 12.9. The minimum atomic E-state index is -3.66. The molecule has 1 unspecified atom stereocenters. The number of rotatable bonds is 10. The van der Waals surface area contributed by atoms with Crippen molar-refractivity contribution in [3.8, 4) is 5.69 Å². The zero-order valence-corrected chi connectivity index (χ0v) is 25.0. The van der Waals surface area contributed by atoms with Crippen molar-refractivity contribution in [2.24, 2.45) is 0 Å². The molecule has 220 valence electrons. The first kappa shape index (κ1) is 29.3. The van der Waals surface area contributed by atoms with Crippen molar-refractivity contribution in [3.63, 3.8) is 0 Å². The zero-order chi connectivity index (χ0) is 29.3. The molecule has 1 aliphatic carbocycles. The maximum absolute atomic E-state index is 13.1. The fourth-order valence-electron chi connectivity index (χ4n) is 5.16. The summed E-state index contributed by atoms with van der Waals surface area (Å²) in [6.45, 7) is 2.12. The van der Waals surface area contributed by atoms with E-state index < -0.39 is 10.0 Å². The Labute approximate surface area is 244 Å². The Balaban J connectivity index is 1.46. The number of nitrogens with one attached hydrogen (secondary N) is 2. The van der Waals surface area contributed by atoms with Gasteiger partial charge in [0.05, 0.1) is 36.4 Å². The minimum Gasteiger partial charge on any atom is -0.378 e. The van der Waals surface area contributed by atoms with Gasteiger partial charge in [-0.25, -0.2) is 13.1 Å². The monoisotopic (exact) mass is 602 g/mol. The molecule has 1 aliphatic heterocycles. The Morgan fingerprint density at radius 3 is 2.56 bits per heavy atom. The minimum absolute atomic E-state index is 0.132. The standard InChI is InChI=1S/C28H35ClN6O5S/c1-30-28(37)26-22-15-21(18-5-6-18)24(16-23(22)32-35(26)20-9-7-19(29)8-10-20)34(41(3,38)39)12-4-11-31-27(36)25-17-40-14-13-33(25)2/h7-10,15-16,18,25H,4-6,11-14,17H2,1-3H3,(H,30,37)(H,31,36). The summed E-state index contributed by atoms with van der Waals surface area (Å²) in [4.78, 5) is 27.6. The predicted octanol–water partition coefficient (Wildman–Crippen LogP) is 2.52. The molecule has 2 N–H and O–H groups in total. The summed E-state index contributed by atoms with van der Waals surface area (Å²) < 4.78 is 34.5. The van der Waals surface area contributed by atoms with Crippen LogP contribution < -0.4 is 14.9 Å². The van der Waals surface area contributed by atoms with Crippen molar-refractivity contribution >= 4 is 50.0 Å². The summed E-state index contributed by atoms with van der Waals surface area (Å²) in [7, 11) is -0.213. The highest BCUT2D eigenvalue weighted by Gasteiger charge is 2.33. The summed E-state index contributed by atoms with van der Waals surface area (Å²) in [5, 5.41) is 11.5. The summed E-state index contributed by atoms with van der Waals surface area (Å²) in [5.41, 5.74) is 2.94. The normalized spacial score (nSPS) is 17.9. The lowest BCUT2D eigenvalue weighted by atomic mass is 10.0. The Kier molecular flexibility index (Phi) is 8.55. The molecule has 5 rings (SSSR count). The van der Waals surface area contributed by atoms with E-state index in [0.717, 1.165) is 18.4 Å². The highest BCUT2D eigenvalue weighted by atomic mass is 35.5. The molecule has 11 nitrogen and oxygen atoms in total. The number of benzene rings is 2. The Morgan fingerprint density at radius 1 is 1.20 bits per heavy atom. The molecule has 2 fully saturated rings. The number of sulfonamides is 1. The maximum Gasteiger partial charge on any atom is 0.270 e. The van der Waals surface area contributed by atoms with E-state index in [-0.39, 0.29) is 30.3 Å². The van der Waals surface area contributed by atoms with Crippen LogP contribution in [-0.2, 0) is 19.6 Å². The number of nitrogens with zero attached hydrogens (tertiary/aromatic N) is 4. The molecule has 3 aromatic rings. The number of aromatic nitrogens is 2. The van der Waals surface area contributed by atoms with Crippen molar-refractivity contribution in [2.45, 2.75) is 31.2 Å². The van der Waals surface area contributed by atoms with Gasteiger partial charge in [-0.05, 0) is 74.2 Å². The van der Waals surface area contributed by atoms with E-state index in [0.29, 0.717) is 65.7 Å². The van der Waals surface area contributed by atoms with Crippen LogP contribution >= 0.6 is 11.6 Å². The summed E-state index contributed by atoms with van der Waals surface area (Å²) >= 11 is 6.08. The lowest BCUT2D eigenvalue weighted by Crippen LogP contribution is -2.52. The molecule has 0 spiro atoms. The first-order valence-corrected chi connectivity index (χ1v) is 15.9. The van der Waals surface area contributed by atoms with Crippen LogP contribution in [0.5, 0.6) is 0 Å². The van der Waals surface area contributed by atoms with Crippen LogP contribution in [0, 0.1) is 0 Å². The molecule has 0 bridgehead atoms. The molecule has 0 radical (unpaired) electrons. The number of hydrogen-bond donors (Lipinski definition) is 2. The SMILES string of the molecule is CNC(=O)c1c2cc(C3CC3)c(N(CCCNC(=O)C3COCCN3C)S(C)(=O)=O)cc2nn1-c1ccc(Cl)cc1. The largest absolute Gasteiger partial charge is 0.378 e. The Bertz CT molecular complexity index is 1550. The fourth-order valence-corrected chi connectivity index (χ4v) is 6.26. The summed E-state index contributed by atoms with van der Waals surface area (Å²) in [6, 6.07) is 10.3. The molecular weight excluding hydrogens is 568 g/mol. The van der Waals surface area contributed by atoms with Gasteiger partial charge in [0.1, 0.15) is 11.7 Å². The van der Waals surface area contributed by atoms with Gasteiger partial charge in [-0.1, -0.05) is 11.6 Å². The average molecular weight is 603 g/mol. The number of halogens is 1. The fraction of sp³-hybridized carbons (Fsp3) is 0.464. The summed E-state index contributed by atoms with van der Waals surface area (Å²) in [6.07, 6.45) is 3.47. The lowest BCUT2D eigenvalue weighted by molar-refractivity contribution is -0.131. The number of hydrogen-bond acceptors (Lipinski definition) is 7. The topological polar surface area (TPSA) is 126 Å². The van der Waals surface area contributed by atoms with E-state index in [1.807, 2.05) is 18.0 Å². The predicted molar refractivity (Wildman–Crippen MR) is 158 cm³/mol. The van der Waals surface area contributed by atoms with Crippen LogP contribution in [0.4, 0.5) is 5.69 Å². The molecule has 2 aromatic carbocycles. The van der Waals surface area contributed by atoms with E-state index in [4.69, 9.17) is 21.4 Å². The molecule has 2 heterocycles. The van der Waals surface area contributed by atoms with Crippen LogP contribution in [0.2, 0.25) is 5.02 Å². The third-order valence-electron chi connectivity index (χ3n) is 7.56. The quantitative estimate of drug-likeness (QED) is 0.342. The second kappa shape index (κ2) is 12.0. The number of likely N-dealkylation sites (N-methyl/N-ethyl adjacent to an activating group) is 1. The van der Waals surface area contributed by atoms with Gasteiger partial charge in [0.25, 0.3) is 5.91 Å². The molecule has 1 aromatic heterocycles. The van der Waals surface area contributed by atoms with Gasteiger partial charge in [0.2, 0.25) is 15.9 Å². The van der Waals surface area contributed by atoms with Crippen LogP contribution in [0.15, 0.2) is 36.4 Å². The smallest absolute Gasteiger partial charge is 0.270 e. The Hall–Kier alpha value is -3.19. The molecular formula is C28H35ClN6O5S. The summed E-state index contributed by atoms with van der Waals surface area (Å²) in [5.74, 6) is -0.244. The van der Waals surface area contributed by atoms with Crippen molar-refractivity contribution in [2.75, 3.05) is 57.5 Å². The molecule has 2 amide bonds. The third-order valence-corrected chi connectivity index (χ3v) is 8.99. The van der Waals surface area contributed by atoms with Gasteiger partial charge < -0.3 is 15.4 Å². The van der Waals surface area contributed by atoms with Gasteiger partial charge in [0, 0.05) is 37.1 Å². The zero-order valence-electron chi connectivity index (χ0n) is 23.4. The van der Waals surface area contributed by atoms with Gasteiger partial charge in [-0.3, -0.25) is 18.8 Å². The van der Waals surface area contributed by atoms with Gasteiger partial charge >= 0.3 is 0 Å². The molecule has 13 heteroatoms. The van der Waals surface area contributed by atoms with E-state index >= 15 is 0 Å². The first-order chi connectivity index (χ1) is 19.6. The van der Waals surface area contributed by atoms with E-state index in [1.165, 1.54) is 10.6 Å². The number of fused-ring (bicyclic) bond motifs is 1. The Morgan fingerprint density at radius 2 is 1.93 bits per heavy atom. The van der Waals surface area contributed by atoms with E-state index in [9.17, 15) is 18.0 Å². The molecule has 41 heavy (non-hydrogen) atoms. The molecule has 1 atom stereocenters. The van der Waals surface area contributed by atoms with E-state index in [2.05, 4.69) is 10.6 Å². The maximum atomic E-state index is 13.1. The van der Waals surface area contributed by atoms with Crippen LogP contribution in [0.1, 0.15) is 41.2 Å². The number of carbonyl (C=O) groups is 2. The van der Waals surface area contributed by atoms with Gasteiger partial charge in [0.15, 0.2) is 0 Å². The van der Waals surface area contributed by atoms with E-state index in [1.54, 1.807) is 42.1 Å².